The van der Waals surface area contributed by atoms with E-state index < -0.39 is 11.0 Å². The van der Waals surface area contributed by atoms with Gasteiger partial charge in [0.15, 0.2) is 0 Å². The van der Waals surface area contributed by atoms with E-state index in [1.807, 2.05) is 0 Å². The SMILES string of the molecule is COc1ccc(Cl)cc1NC(=O)Nc1cc([N+](=O)[O-])ccc1OC. The largest absolute Gasteiger partial charge is 0.495 e. The van der Waals surface area contributed by atoms with Gasteiger partial charge in [0.05, 0.1) is 30.5 Å². The summed E-state index contributed by atoms with van der Waals surface area (Å²) in [6.45, 7) is 0. The van der Waals surface area contributed by atoms with Crippen LogP contribution >= 0.6 is 11.6 Å². The average molecular weight is 352 g/mol. The molecule has 2 rings (SSSR count). The Hall–Kier alpha value is -3.00. The molecule has 0 aliphatic carbocycles. The van der Waals surface area contributed by atoms with Crippen molar-refractivity contribution in [1.82, 2.24) is 0 Å². The number of rotatable bonds is 5. The molecule has 2 N–H and O–H groups in total. The second-order valence-corrected chi connectivity index (χ2v) is 5.00. The Labute approximate surface area is 142 Å². The van der Waals surface area contributed by atoms with E-state index in [1.54, 1.807) is 12.1 Å². The maximum atomic E-state index is 12.2. The second-order valence-electron chi connectivity index (χ2n) is 4.57. The molecule has 126 valence electrons. The average Bonchev–Trinajstić information content (AvgIpc) is 2.54. The van der Waals surface area contributed by atoms with E-state index in [-0.39, 0.29) is 17.1 Å². The summed E-state index contributed by atoms with van der Waals surface area (Å²) in [6.07, 6.45) is 0. The Kier molecular flexibility index (Phi) is 5.43. The van der Waals surface area contributed by atoms with Gasteiger partial charge < -0.3 is 20.1 Å². The summed E-state index contributed by atoms with van der Waals surface area (Å²) in [6, 6.07) is 7.99. The molecule has 0 saturated carbocycles. The van der Waals surface area contributed by atoms with Crippen LogP contribution in [0.2, 0.25) is 5.02 Å². The maximum absolute atomic E-state index is 12.2. The Morgan fingerprint density at radius 1 is 1.04 bits per heavy atom. The first-order valence-corrected chi connectivity index (χ1v) is 7.06. The maximum Gasteiger partial charge on any atom is 0.323 e. The number of carbonyl (C=O) groups excluding carboxylic acids is 1. The van der Waals surface area contributed by atoms with Crippen LogP contribution in [0.15, 0.2) is 36.4 Å². The number of methoxy groups -OCH3 is 2. The minimum absolute atomic E-state index is 0.158. The molecule has 0 aliphatic rings. The molecule has 0 aromatic heterocycles. The lowest BCUT2D eigenvalue weighted by atomic mass is 10.2. The number of halogens is 1. The summed E-state index contributed by atoms with van der Waals surface area (Å²) in [5.74, 6) is 0.703. The highest BCUT2D eigenvalue weighted by Crippen LogP contribution is 2.30. The summed E-state index contributed by atoms with van der Waals surface area (Å²) in [4.78, 5) is 22.5. The van der Waals surface area contributed by atoms with Gasteiger partial charge in [0, 0.05) is 17.2 Å². The molecule has 0 unspecified atom stereocenters. The van der Waals surface area contributed by atoms with Gasteiger partial charge in [-0.25, -0.2) is 4.79 Å². The van der Waals surface area contributed by atoms with Crippen LogP contribution in [0.5, 0.6) is 11.5 Å². The molecular formula is C15H14ClN3O5. The van der Waals surface area contributed by atoms with E-state index in [0.717, 1.165) is 0 Å². The number of nitrogens with zero attached hydrogens (tertiary/aromatic N) is 1. The van der Waals surface area contributed by atoms with Gasteiger partial charge in [0.25, 0.3) is 5.69 Å². The lowest BCUT2D eigenvalue weighted by Crippen LogP contribution is -2.20. The number of benzene rings is 2. The van der Waals surface area contributed by atoms with Gasteiger partial charge in [-0.1, -0.05) is 11.6 Å². The second kappa shape index (κ2) is 7.51. The lowest BCUT2D eigenvalue weighted by Gasteiger charge is -2.13. The van der Waals surface area contributed by atoms with Gasteiger partial charge in [-0.2, -0.15) is 0 Å². The molecule has 2 aromatic rings. The van der Waals surface area contributed by atoms with Crippen LogP contribution in [0.3, 0.4) is 0 Å². The number of hydrogen-bond acceptors (Lipinski definition) is 5. The first-order valence-electron chi connectivity index (χ1n) is 6.68. The Morgan fingerprint density at radius 3 is 2.12 bits per heavy atom. The van der Waals surface area contributed by atoms with E-state index in [4.69, 9.17) is 21.1 Å². The quantitative estimate of drug-likeness (QED) is 0.628. The number of carbonyl (C=O) groups is 1. The topological polar surface area (TPSA) is 103 Å². The van der Waals surface area contributed by atoms with Crippen molar-refractivity contribution >= 4 is 34.7 Å². The van der Waals surface area contributed by atoms with E-state index in [9.17, 15) is 14.9 Å². The minimum atomic E-state index is -0.630. The van der Waals surface area contributed by atoms with Gasteiger partial charge in [-0.15, -0.1) is 0 Å². The Bertz CT molecular complexity index is 782. The van der Waals surface area contributed by atoms with E-state index >= 15 is 0 Å². The molecule has 0 spiro atoms. The molecular weight excluding hydrogens is 338 g/mol. The van der Waals surface area contributed by atoms with Gasteiger partial charge in [0.2, 0.25) is 0 Å². The van der Waals surface area contributed by atoms with E-state index in [1.165, 1.54) is 38.5 Å². The van der Waals surface area contributed by atoms with Gasteiger partial charge >= 0.3 is 6.03 Å². The van der Waals surface area contributed by atoms with E-state index in [0.29, 0.717) is 16.5 Å². The standard InChI is InChI=1S/C15H14ClN3O5/c1-23-13-5-3-9(16)7-11(13)17-15(20)18-12-8-10(19(21)22)4-6-14(12)24-2/h3-8H,1-2H3,(H2,17,18,20). The van der Waals surface area contributed by atoms with Gasteiger partial charge in [0.1, 0.15) is 11.5 Å². The first-order chi connectivity index (χ1) is 11.4. The molecule has 2 amide bonds. The molecule has 0 heterocycles. The van der Waals surface area contributed by atoms with Gasteiger partial charge in [-0.3, -0.25) is 10.1 Å². The normalized spacial score (nSPS) is 9.96. The first kappa shape index (κ1) is 17.4. The Balaban J connectivity index is 2.22. The predicted molar refractivity (Wildman–Crippen MR) is 90.3 cm³/mol. The molecule has 9 heteroatoms. The number of nitrogens with one attached hydrogen (secondary N) is 2. The summed E-state index contributed by atoms with van der Waals surface area (Å²) in [5.41, 5.74) is 0.337. The van der Waals surface area contributed by atoms with Crippen molar-refractivity contribution in [3.8, 4) is 11.5 Å². The van der Waals surface area contributed by atoms with Crippen LogP contribution < -0.4 is 20.1 Å². The van der Waals surface area contributed by atoms with Crippen molar-refractivity contribution < 1.29 is 19.2 Å². The van der Waals surface area contributed by atoms with Crippen LogP contribution in [0, 0.1) is 10.1 Å². The van der Waals surface area contributed by atoms with Crippen molar-refractivity contribution in [1.29, 1.82) is 0 Å². The van der Waals surface area contributed by atoms with Crippen LogP contribution in [0.4, 0.5) is 21.9 Å². The zero-order valence-corrected chi connectivity index (χ0v) is 13.6. The van der Waals surface area contributed by atoms with Crippen molar-refractivity contribution in [3.05, 3.63) is 51.5 Å². The molecule has 2 aromatic carbocycles. The molecule has 0 bridgehead atoms. The van der Waals surface area contributed by atoms with Crippen molar-refractivity contribution in [2.75, 3.05) is 24.9 Å². The number of amides is 2. The highest BCUT2D eigenvalue weighted by atomic mass is 35.5. The fourth-order valence-electron chi connectivity index (χ4n) is 1.96. The molecule has 0 fully saturated rings. The number of nitro groups is 1. The van der Waals surface area contributed by atoms with Crippen LogP contribution in [0.25, 0.3) is 0 Å². The van der Waals surface area contributed by atoms with Crippen molar-refractivity contribution in [3.63, 3.8) is 0 Å². The molecule has 0 atom stereocenters. The fraction of sp³-hybridized carbons (Fsp3) is 0.133. The summed E-state index contributed by atoms with van der Waals surface area (Å²) >= 11 is 5.90. The molecule has 24 heavy (non-hydrogen) atoms. The zero-order valence-electron chi connectivity index (χ0n) is 12.8. The Morgan fingerprint density at radius 2 is 1.58 bits per heavy atom. The number of urea groups is 1. The third-order valence-electron chi connectivity index (χ3n) is 3.05. The zero-order chi connectivity index (χ0) is 17.7. The highest BCUT2D eigenvalue weighted by Gasteiger charge is 2.15. The minimum Gasteiger partial charge on any atom is -0.495 e. The smallest absolute Gasteiger partial charge is 0.323 e. The summed E-state index contributed by atoms with van der Waals surface area (Å²) < 4.78 is 10.2. The molecule has 8 nitrogen and oxygen atoms in total. The van der Waals surface area contributed by atoms with Crippen molar-refractivity contribution in [2.45, 2.75) is 0 Å². The highest BCUT2D eigenvalue weighted by molar-refractivity contribution is 6.31. The number of ether oxygens (including phenoxy) is 2. The number of non-ortho nitro benzene ring substituents is 1. The summed E-state index contributed by atoms with van der Waals surface area (Å²) in [7, 11) is 2.85. The molecule has 0 saturated heterocycles. The van der Waals surface area contributed by atoms with E-state index in [2.05, 4.69) is 10.6 Å². The summed E-state index contributed by atoms with van der Waals surface area (Å²) in [5, 5.41) is 16.3. The number of hydrogen-bond donors (Lipinski definition) is 2. The monoisotopic (exact) mass is 351 g/mol. The van der Waals surface area contributed by atoms with Crippen LogP contribution in [-0.2, 0) is 0 Å². The molecule has 0 radical (unpaired) electrons. The number of nitro benzene ring substituents is 1. The number of anilines is 2. The van der Waals surface area contributed by atoms with Gasteiger partial charge in [-0.05, 0) is 24.3 Å². The third-order valence-corrected chi connectivity index (χ3v) is 3.29. The molecule has 0 aliphatic heterocycles. The van der Waals surface area contributed by atoms with Crippen LogP contribution in [-0.4, -0.2) is 25.2 Å². The third kappa shape index (κ3) is 4.05. The van der Waals surface area contributed by atoms with Crippen LogP contribution in [0.1, 0.15) is 0 Å². The predicted octanol–water partition coefficient (Wildman–Crippen LogP) is 3.91. The fourth-order valence-corrected chi connectivity index (χ4v) is 2.13. The van der Waals surface area contributed by atoms with Crippen molar-refractivity contribution in [2.24, 2.45) is 0 Å². The lowest BCUT2D eigenvalue weighted by molar-refractivity contribution is -0.384.